The molecular weight excluding hydrogens is 324 g/mol. The van der Waals surface area contributed by atoms with Gasteiger partial charge in [-0.05, 0) is 31.0 Å². The number of hydrogen-bond donors (Lipinski definition) is 2. The molecule has 0 amide bonds. The number of pyridine rings is 1. The lowest BCUT2D eigenvalue weighted by Crippen LogP contribution is -2.05. The molecule has 132 valence electrons. The molecule has 0 unspecified atom stereocenters. The summed E-state index contributed by atoms with van der Waals surface area (Å²) in [6.07, 6.45) is 3.38. The van der Waals surface area contributed by atoms with E-state index in [1.807, 2.05) is 31.2 Å². The molecule has 4 aromatic rings. The Bertz CT molecular complexity index is 1110. The van der Waals surface area contributed by atoms with Gasteiger partial charge in [0.1, 0.15) is 5.82 Å². The van der Waals surface area contributed by atoms with E-state index in [0.717, 1.165) is 45.5 Å². The van der Waals surface area contributed by atoms with Crippen LogP contribution in [0.15, 0.2) is 36.5 Å². The molecule has 0 radical (unpaired) electrons. The molecule has 5 nitrogen and oxygen atoms in total. The van der Waals surface area contributed by atoms with E-state index in [1.54, 1.807) is 6.20 Å². The topological polar surface area (TPSA) is 74.4 Å². The summed E-state index contributed by atoms with van der Waals surface area (Å²) in [7, 11) is 0. The number of Topliss-reactive ketones (excluding diaryl/α,β-unsaturated/α-hetero) is 1. The van der Waals surface area contributed by atoms with Gasteiger partial charge in [0.25, 0.3) is 0 Å². The summed E-state index contributed by atoms with van der Waals surface area (Å²) in [6.45, 7) is 6.15. The number of aromatic nitrogens is 4. The number of hydrogen-bond acceptors (Lipinski definition) is 3. The van der Waals surface area contributed by atoms with Crippen LogP contribution in [-0.2, 0) is 0 Å². The minimum Gasteiger partial charge on any atom is -0.354 e. The molecule has 3 aromatic heterocycles. The van der Waals surface area contributed by atoms with E-state index in [-0.39, 0.29) is 5.78 Å². The zero-order chi connectivity index (χ0) is 18.3. The predicted octanol–water partition coefficient (Wildman–Crippen LogP) is 5.03. The van der Waals surface area contributed by atoms with Crippen molar-refractivity contribution in [2.45, 2.75) is 33.6 Å². The van der Waals surface area contributed by atoms with E-state index in [4.69, 9.17) is 0 Å². The maximum Gasteiger partial charge on any atom is 0.178 e. The van der Waals surface area contributed by atoms with Crippen LogP contribution < -0.4 is 0 Å². The molecule has 2 N–H and O–H groups in total. The third-order valence-corrected chi connectivity index (χ3v) is 4.98. The summed E-state index contributed by atoms with van der Waals surface area (Å²) in [5, 5.41) is 1.08. The SMILES string of the molecule is CC[C@H](C)CC(=O)c1ccc2cc(-c3ccnc4nc(C)[nH]c34)[nH]c2c1. The van der Waals surface area contributed by atoms with E-state index in [0.29, 0.717) is 18.0 Å². The van der Waals surface area contributed by atoms with Gasteiger partial charge in [-0.3, -0.25) is 4.79 Å². The first-order valence-electron chi connectivity index (χ1n) is 9.03. The molecule has 1 atom stereocenters. The number of ketones is 1. The fourth-order valence-corrected chi connectivity index (χ4v) is 3.28. The number of aryl methyl sites for hydroxylation is 1. The number of carbonyl (C=O) groups excluding carboxylic acids is 1. The number of aromatic amines is 2. The summed E-state index contributed by atoms with van der Waals surface area (Å²) < 4.78 is 0. The first kappa shape index (κ1) is 16.5. The van der Waals surface area contributed by atoms with Gasteiger partial charge in [-0.25, -0.2) is 9.97 Å². The summed E-state index contributed by atoms with van der Waals surface area (Å²) >= 11 is 0. The number of nitrogens with zero attached hydrogens (tertiary/aromatic N) is 2. The lowest BCUT2D eigenvalue weighted by atomic mass is 9.97. The Kier molecular flexibility index (Phi) is 4.07. The number of carbonyl (C=O) groups is 1. The first-order valence-corrected chi connectivity index (χ1v) is 9.03. The van der Waals surface area contributed by atoms with Crippen molar-refractivity contribution in [1.29, 1.82) is 0 Å². The van der Waals surface area contributed by atoms with Crippen LogP contribution in [0.4, 0.5) is 0 Å². The van der Waals surface area contributed by atoms with Gasteiger partial charge in [-0.15, -0.1) is 0 Å². The van der Waals surface area contributed by atoms with Gasteiger partial charge in [-0.2, -0.15) is 0 Å². The Balaban J connectivity index is 1.75. The predicted molar refractivity (Wildman–Crippen MR) is 104 cm³/mol. The zero-order valence-corrected chi connectivity index (χ0v) is 15.3. The Morgan fingerprint density at radius 3 is 2.85 bits per heavy atom. The van der Waals surface area contributed by atoms with E-state index < -0.39 is 0 Å². The number of benzene rings is 1. The molecule has 4 rings (SSSR count). The van der Waals surface area contributed by atoms with E-state index >= 15 is 0 Å². The second kappa shape index (κ2) is 6.41. The average Bonchev–Trinajstić information content (AvgIpc) is 3.22. The van der Waals surface area contributed by atoms with Crippen molar-refractivity contribution < 1.29 is 4.79 Å². The third kappa shape index (κ3) is 2.90. The molecule has 3 heterocycles. The minimum atomic E-state index is 0.202. The Hall–Kier alpha value is -2.95. The van der Waals surface area contributed by atoms with E-state index in [9.17, 15) is 4.79 Å². The fourth-order valence-electron chi connectivity index (χ4n) is 3.28. The molecule has 0 spiro atoms. The largest absolute Gasteiger partial charge is 0.354 e. The number of rotatable bonds is 5. The zero-order valence-electron chi connectivity index (χ0n) is 15.3. The summed E-state index contributed by atoms with van der Waals surface area (Å²) in [5.74, 6) is 1.45. The van der Waals surface area contributed by atoms with Crippen LogP contribution in [0.5, 0.6) is 0 Å². The second-order valence-electron chi connectivity index (χ2n) is 7.01. The molecule has 0 saturated heterocycles. The molecule has 0 saturated carbocycles. The smallest absolute Gasteiger partial charge is 0.178 e. The molecular formula is C21H22N4O. The number of fused-ring (bicyclic) bond motifs is 2. The van der Waals surface area contributed by atoms with Gasteiger partial charge >= 0.3 is 0 Å². The number of H-pyrrole nitrogens is 2. The molecule has 0 aliphatic rings. The summed E-state index contributed by atoms with van der Waals surface area (Å²) in [6, 6.07) is 9.96. The number of imidazole rings is 1. The van der Waals surface area contributed by atoms with Crippen LogP contribution in [0.25, 0.3) is 33.3 Å². The van der Waals surface area contributed by atoms with E-state index in [2.05, 4.69) is 39.8 Å². The number of nitrogens with one attached hydrogen (secondary N) is 2. The fraction of sp³-hybridized carbons (Fsp3) is 0.286. The van der Waals surface area contributed by atoms with Crippen molar-refractivity contribution in [2.24, 2.45) is 5.92 Å². The van der Waals surface area contributed by atoms with E-state index in [1.165, 1.54) is 0 Å². The normalized spacial score (nSPS) is 12.7. The maximum absolute atomic E-state index is 12.5. The molecule has 5 heteroatoms. The molecule has 0 fully saturated rings. The third-order valence-electron chi connectivity index (χ3n) is 4.98. The summed E-state index contributed by atoms with van der Waals surface area (Å²) in [4.78, 5) is 27.9. The maximum atomic E-state index is 12.5. The minimum absolute atomic E-state index is 0.202. The van der Waals surface area contributed by atoms with Crippen LogP contribution in [0.3, 0.4) is 0 Å². The standard InChI is InChI=1S/C21H22N4O/c1-4-12(2)9-19(26)15-6-5-14-10-18(25-17(14)11-15)16-7-8-22-21-20(16)23-13(3)24-21/h5-8,10-12,25H,4,9H2,1-3H3,(H,22,23,24)/t12-/m0/s1. The average molecular weight is 346 g/mol. The van der Waals surface area contributed by atoms with Gasteiger partial charge < -0.3 is 9.97 Å². The van der Waals surface area contributed by atoms with Crippen LogP contribution in [0.1, 0.15) is 42.9 Å². The molecule has 0 aliphatic heterocycles. The van der Waals surface area contributed by atoms with Crippen molar-refractivity contribution >= 4 is 27.9 Å². The quantitative estimate of drug-likeness (QED) is 0.497. The van der Waals surface area contributed by atoms with Crippen LogP contribution >= 0.6 is 0 Å². The van der Waals surface area contributed by atoms with Crippen molar-refractivity contribution in [3.05, 3.63) is 47.9 Å². The van der Waals surface area contributed by atoms with Gasteiger partial charge in [0.05, 0.1) is 5.52 Å². The molecule has 26 heavy (non-hydrogen) atoms. The highest BCUT2D eigenvalue weighted by atomic mass is 16.1. The van der Waals surface area contributed by atoms with Crippen LogP contribution in [-0.4, -0.2) is 25.7 Å². The lowest BCUT2D eigenvalue weighted by molar-refractivity contribution is 0.0964. The van der Waals surface area contributed by atoms with Crippen molar-refractivity contribution in [2.75, 3.05) is 0 Å². The molecule has 0 aliphatic carbocycles. The Labute approximate surface area is 151 Å². The Morgan fingerprint density at radius 1 is 1.19 bits per heavy atom. The van der Waals surface area contributed by atoms with Crippen molar-refractivity contribution in [1.82, 2.24) is 19.9 Å². The van der Waals surface area contributed by atoms with Gasteiger partial charge in [0, 0.05) is 40.3 Å². The highest BCUT2D eigenvalue weighted by Gasteiger charge is 2.14. The second-order valence-corrected chi connectivity index (χ2v) is 7.01. The molecule has 0 bridgehead atoms. The monoisotopic (exact) mass is 346 g/mol. The van der Waals surface area contributed by atoms with Gasteiger partial charge in [-0.1, -0.05) is 32.4 Å². The highest BCUT2D eigenvalue weighted by Crippen LogP contribution is 2.29. The van der Waals surface area contributed by atoms with Crippen LogP contribution in [0, 0.1) is 12.8 Å². The first-order chi connectivity index (χ1) is 12.5. The Morgan fingerprint density at radius 2 is 2.04 bits per heavy atom. The van der Waals surface area contributed by atoms with Crippen molar-refractivity contribution in [3.8, 4) is 11.3 Å². The van der Waals surface area contributed by atoms with Crippen molar-refractivity contribution in [3.63, 3.8) is 0 Å². The molecule has 1 aromatic carbocycles. The van der Waals surface area contributed by atoms with Gasteiger partial charge in [0.15, 0.2) is 11.4 Å². The van der Waals surface area contributed by atoms with Crippen LogP contribution in [0.2, 0.25) is 0 Å². The summed E-state index contributed by atoms with van der Waals surface area (Å²) in [5.41, 5.74) is 5.38. The lowest BCUT2D eigenvalue weighted by Gasteiger charge is -2.07. The highest BCUT2D eigenvalue weighted by molar-refractivity contribution is 6.01. The van der Waals surface area contributed by atoms with Gasteiger partial charge in [0.2, 0.25) is 0 Å².